The molecule has 0 spiro atoms. The Balaban J connectivity index is 1.63. The van der Waals surface area contributed by atoms with Crippen molar-refractivity contribution in [2.45, 2.75) is 82.7 Å². The van der Waals surface area contributed by atoms with Gasteiger partial charge in [-0.15, -0.1) is 0 Å². The van der Waals surface area contributed by atoms with Gasteiger partial charge in [0.15, 0.2) is 17.9 Å². The summed E-state index contributed by atoms with van der Waals surface area (Å²) in [6.45, 7) is 5.67. The van der Waals surface area contributed by atoms with E-state index in [1.54, 1.807) is 6.92 Å². The van der Waals surface area contributed by atoms with Crippen molar-refractivity contribution in [3.8, 4) is 17.2 Å². The molecular weight excluding hydrogens is 546 g/mol. The van der Waals surface area contributed by atoms with Gasteiger partial charge in [-0.3, -0.25) is 14.4 Å². The second kappa shape index (κ2) is 11.1. The van der Waals surface area contributed by atoms with Crippen LogP contribution < -0.4 is 4.74 Å². The molecule has 5 rings (SSSR count). The van der Waals surface area contributed by atoms with Crippen molar-refractivity contribution >= 4 is 17.3 Å². The van der Waals surface area contributed by atoms with Crippen LogP contribution in [0.2, 0.25) is 0 Å². The van der Waals surface area contributed by atoms with E-state index in [1.165, 1.54) is 32.2 Å². The van der Waals surface area contributed by atoms with Gasteiger partial charge in [-0.05, 0) is 39.9 Å². The minimum absolute atomic E-state index is 0.00230. The summed E-state index contributed by atoms with van der Waals surface area (Å²) in [5, 5.41) is 45.3. The summed E-state index contributed by atoms with van der Waals surface area (Å²) in [6, 6.07) is 4.17. The van der Waals surface area contributed by atoms with Crippen molar-refractivity contribution in [1.82, 2.24) is 4.90 Å². The van der Waals surface area contributed by atoms with Gasteiger partial charge in [0, 0.05) is 42.0 Å². The van der Waals surface area contributed by atoms with Crippen molar-refractivity contribution in [1.29, 1.82) is 0 Å². The number of fused-ring (bicyclic) bond motifs is 3. The van der Waals surface area contributed by atoms with E-state index < -0.39 is 76.6 Å². The lowest BCUT2D eigenvalue weighted by Gasteiger charge is -2.44. The first-order valence-corrected chi connectivity index (χ1v) is 14.1. The van der Waals surface area contributed by atoms with E-state index in [0.29, 0.717) is 0 Å². The summed E-state index contributed by atoms with van der Waals surface area (Å²) in [6.07, 6.45) is -3.13. The fraction of sp³-hybridized carbons (Fsp3) is 0.516. The summed E-state index contributed by atoms with van der Waals surface area (Å²) in [5.74, 6) is -3.06. The number of aromatic hydroxyl groups is 2. The van der Waals surface area contributed by atoms with Crippen LogP contribution in [0, 0.1) is 0 Å². The molecule has 1 heterocycles. The van der Waals surface area contributed by atoms with Crippen LogP contribution in [0.1, 0.15) is 89.1 Å². The number of aliphatic hydroxyl groups is 2. The van der Waals surface area contributed by atoms with E-state index in [0.717, 1.165) is 13.0 Å². The Morgan fingerprint density at radius 1 is 1.14 bits per heavy atom. The number of aliphatic hydroxyl groups excluding tert-OH is 1. The Kier molecular flexibility index (Phi) is 7.92. The zero-order chi connectivity index (χ0) is 30.7. The van der Waals surface area contributed by atoms with Gasteiger partial charge in [-0.2, -0.15) is 0 Å². The Labute approximate surface area is 243 Å². The van der Waals surface area contributed by atoms with Crippen molar-refractivity contribution < 1.29 is 49.0 Å². The molecule has 1 saturated heterocycles. The van der Waals surface area contributed by atoms with Crippen LogP contribution in [0.25, 0.3) is 0 Å². The Bertz CT molecular complexity index is 1450. The number of phenols is 2. The highest BCUT2D eigenvalue weighted by Crippen LogP contribution is 2.52. The zero-order valence-electron chi connectivity index (χ0n) is 24.3. The average molecular weight is 584 g/mol. The molecule has 0 bridgehead atoms. The number of benzene rings is 2. The minimum atomic E-state index is -1.99. The van der Waals surface area contributed by atoms with E-state index in [2.05, 4.69) is 0 Å². The molecule has 2 aliphatic carbocycles. The third-order valence-electron chi connectivity index (χ3n) is 8.87. The van der Waals surface area contributed by atoms with E-state index in [9.17, 15) is 34.8 Å². The predicted molar refractivity (Wildman–Crippen MR) is 149 cm³/mol. The molecule has 11 nitrogen and oxygen atoms in total. The SMILES string of the molecule is CCCN(C)[C@H]1C[C@H](O[C@H]2C[C@](O)(C(C)=O)Cc3c(O)c4c(c(O)c32)C(=O)c2c(OC)cccc2C4=O)O[C@@H](C)[C@H]1O. The molecule has 0 aromatic heterocycles. The van der Waals surface area contributed by atoms with Gasteiger partial charge in [0.2, 0.25) is 5.78 Å². The second-order valence-electron chi connectivity index (χ2n) is 11.5. The Morgan fingerprint density at radius 3 is 2.48 bits per heavy atom. The van der Waals surface area contributed by atoms with Gasteiger partial charge in [0.25, 0.3) is 0 Å². The molecule has 6 atom stereocenters. The number of Topliss-reactive ketones (excluding diaryl/α,β-unsaturated/α-hetero) is 1. The van der Waals surface area contributed by atoms with Crippen LogP contribution in [0.3, 0.4) is 0 Å². The minimum Gasteiger partial charge on any atom is -0.507 e. The smallest absolute Gasteiger partial charge is 0.202 e. The lowest BCUT2D eigenvalue weighted by atomic mass is 9.72. The molecule has 4 N–H and O–H groups in total. The van der Waals surface area contributed by atoms with Crippen LogP contribution in [0.4, 0.5) is 0 Å². The van der Waals surface area contributed by atoms with Crippen molar-refractivity contribution in [3.05, 3.63) is 51.6 Å². The van der Waals surface area contributed by atoms with Crippen molar-refractivity contribution in [2.75, 3.05) is 20.7 Å². The molecule has 2 aromatic carbocycles. The number of carbonyl (C=O) groups excluding carboxylic acids is 3. The molecule has 1 aliphatic heterocycles. The zero-order valence-corrected chi connectivity index (χ0v) is 24.3. The fourth-order valence-electron chi connectivity index (χ4n) is 6.56. The van der Waals surface area contributed by atoms with Gasteiger partial charge in [0.1, 0.15) is 22.8 Å². The molecule has 3 aliphatic rings. The first-order valence-electron chi connectivity index (χ1n) is 14.1. The molecule has 2 aromatic rings. The molecule has 42 heavy (non-hydrogen) atoms. The maximum absolute atomic E-state index is 13.8. The molecule has 0 unspecified atom stereocenters. The molecule has 0 radical (unpaired) electrons. The predicted octanol–water partition coefficient (Wildman–Crippen LogP) is 2.41. The summed E-state index contributed by atoms with van der Waals surface area (Å²) in [5.41, 5.74) is -2.90. The molecule has 226 valence electrons. The van der Waals surface area contributed by atoms with E-state index in [4.69, 9.17) is 14.2 Å². The maximum Gasteiger partial charge on any atom is 0.202 e. The number of hydrogen-bond acceptors (Lipinski definition) is 11. The van der Waals surface area contributed by atoms with Crippen LogP contribution in [-0.4, -0.2) is 93.5 Å². The molecule has 11 heteroatoms. The quantitative estimate of drug-likeness (QED) is 0.302. The number of methoxy groups -OCH3 is 1. The molecule has 0 saturated carbocycles. The maximum atomic E-state index is 13.8. The first-order chi connectivity index (χ1) is 19.8. The highest BCUT2D eigenvalue weighted by atomic mass is 16.7. The number of hydrogen-bond donors (Lipinski definition) is 4. The van der Waals surface area contributed by atoms with Crippen LogP contribution in [0.5, 0.6) is 17.2 Å². The highest BCUT2D eigenvalue weighted by molar-refractivity contribution is 6.31. The monoisotopic (exact) mass is 583 g/mol. The normalized spacial score (nSPS) is 28.7. The van der Waals surface area contributed by atoms with Gasteiger partial charge < -0.3 is 39.5 Å². The van der Waals surface area contributed by atoms with Crippen molar-refractivity contribution in [3.63, 3.8) is 0 Å². The third kappa shape index (κ3) is 4.69. The van der Waals surface area contributed by atoms with Gasteiger partial charge in [-0.25, -0.2) is 0 Å². The van der Waals surface area contributed by atoms with E-state index in [-0.39, 0.29) is 46.9 Å². The van der Waals surface area contributed by atoms with Gasteiger partial charge in [0.05, 0.1) is 42.1 Å². The van der Waals surface area contributed by atoms with Crippen LogP contribution in [0.15, 0.2) is 18.2 Å². The molecular formula is C31H37NO10. The summed E-state index contributed by atoms with van der Waals surface area (Å²) < 4.78 is 17.6. The summed E-state index contributed by atoms with van der Waals surface area (Å²) in [7, 11) is 3.24. The molecule has 1 fully saturated rings. The lowest BCUT2D eigenvalue weighted by Crippen LogP contribution is -2.55. The Morgan fingerprint density at radius 2 is 1.83 bits per heavy atom. The summed E-state index contributed by atoms with van der Waals surface area (Å²) in [4.78, 5) is 42.0. The third-order valence-corrected chi connectivity index (χ3v) is 8.87. The van der Waals surface area contributed by atoms with E-state index in [1.807, 2.05) is 18.9 Å². The number of likely N-dealkylation sites (N-methyl/N-ethyl adjacent to an activating group) is 1. The average Bonchev–Trinajstić information content (AvgIpc) is 2.94. The Hall–Kier alpha value is -3.35. The number of phenolic OH excluding ortho intramolecular Hbond substituents is 2. The fourth-order valence-corrected chi connectivity index (χ4v) is 6.56. The second-order valence-corrected chi connectivity index (χ2v) is 11.5. The topological polar surface area (TPSA) is 163 Å². The number of nitrogens with zero attached hydrogens (tertiary/aromatic N) is 1. The number of ether oxygens (including phenoxy) is 3. The number of carbonyl (C=O) groups is 3. The van der Waals surface area contributed by atoms with E-state index >= 15 is 0 Å². The first kappa shape index (κ1) is 30.1. The van der Waals surface area contributed by atoms with Crippen molar-refractivity contribution in [2.24, 2.45) is 0 Å². The number of rotatable bonds is 7. The standard InChI is InChI=1S/C31H37NO10/c1-6-10-32(4)18-11-21(41-14(2)26(18)34)42-20-13-31(39,15(3)33)12-17-23(20)30(38)25-24(28(17)36)27(35)16-8-7-9-19(40-5)22(16)29(25)37/h7-9,14,18,20-21,26,34,36,38-39H,6,10-13H2,1-5H3/t14-,18-,20-,21-,26+,31-/m0/s1. The number of ketones is 3. The van der Waals surface area contributed by atoms with Gasteiger partial charge >= 0.3 is 0 Å². The van der Waals surface area contributed by atoms with Crippen LogP contribution in [-0.2, 0) is 20.7 Å². The lowest BCUT2D eigenvalue weighted by molar-refractivity contribution is -0.257. The van der Waals surface area contributed by atoms with Gasteiger partial charge in [-0.1, -0.05) is 19.1 Å². The van der Waals surface area contributed by atoms with Crippen LogP contribution >= 0.6 is 0 Å². The molecule has 0 amide bonds. The summed E-state index contributed by atoms with van der Waals surface area (Å²) >= 11 is 0. The highest BCUT2D eigenvalue weighted by Gasteiger charge is 2.49. The largest absolute Gasteiger partial charge is 0.507 e.